The van der Waals surface area contributed by atoms with Crippen LogP contribution in [0.15, 0.2) is 148 Å². The number of hydrogen-bond donors (Lipinski definition) is 8. The number of nitrogens with one attached hydrogen (secondary N) is 8. The normalized spacial score (nSPS) is 14.6. The highest BCUT2D eigenvalue weighted by Gasteiger charge is 2.39. The Hall–Kier alpha value is -12.7. The number of aromatic amines is 1. The predicted octanol–water partition coefficient (Wildman–Crippen LogP) is 12.3. The first-order valence-corrected chi connectivity index (χ1v) is 34.2. The van der Waals surface area contributed by atoms with Crippen LogP contribution in [0.4, 0.5) is 89.5 Å². The molecule has 0 saturated carbocycles. The van der Waals surface area contributed by atoms with Crippen LogP contribution in [0.5, 0.6) is 34.5 Å². The van der Waals surface area contributed by atoms with E-state index in [1.54, 1.807) is 130 Å². The average molecular weight is 1570 g/mol. The Morgan fingerprint density at radius 2 is 1.03 bits per heavy atom. The Labute approximate surface area is 643 Å². The van der Waals surface area contributed by atoms with E-state index in [2.05, 4.69) is 97.1 Å². The first-order valence-electron chi connectivity index (χ1n) is 32.7. The molecule has 33 nitrogen and oxygen atoms in total. The first kappa shape index (κ1) is 77.4. The summed E-state index contributed by atoms with van der Waals surface area (Å²) < 4.78 is 37.5. The molecule has 0 spiro atoms. The van der Waals surface area contributed by atoms with Gasteiger partial charge in [-0.15, -0.1) is 0 Å². The molecule has 4 aliphatic rings. The van der Waals surface area contributed by atoms with Gasteiger partial charge in [0.15, 0.2) is 0 Å². The van der Waals surface area contributed by atoms with Gasteiger partial charge in [0.2, 0.25) is 35.6 Å². The summed E-state index contributed by atoms with van der Waals surface area (Å²) in [5.74, 6) is 3.34. The number of aromatic nitrogens is 8. The Bertz CT molecular complexity index is 4930. The minimum Gasteiger partial charge on any atom is -0.497 e. The highest BCUT2D eigenvalue weighted by molar-refractivity contribution is 6.43. The molecule has 37 heteroatoms. The van der Waals surface area contributed by atoms with Crippen LogP contribution in [0.25, 0.3) is 0 Å². The van der Waals surface area contributed by atoms with E-state index in [0.717, 1.165) is 11.1 Å². The summed E-state index contributed by atoms with van der Waals surface area (Å²) in [7, 11) is 10.5. The fourth-order valence-electron chi connectivity index (χ4n) is 11.4. The monoisotopic (exact) mass is 1560 g/mol. The van der Waals surface area contributed by atoms with Crippen molar-refractivity contribution < 1.29 is 61.9 Å². The van der Waals surface area contributed by atoms with E-state index in [1.807, 2.05) is 6.07 Å². The smallest absolute Gasteiger partial charge is 0.330 e. The summed E-state index contributed by atoms with van der Waals surface area (Å²) in [6.45, 7) is 11.7. The number of amides is 9. The fourth-order valence-corrected chi connectivity index (χ4v) is 12.8. The predicted molar refractivity (Wildman–Crippen MR) is 414 cm³/mol. The van der Waals surface area contributed by atoms with E-state index in [9.17, 15) is 28.8 Å². The lowest BCUT2D eigenvalue weighted by Crippen LogP contribution is -2.47. The standard InChI is InChI=1S/C27H24Cl2N8O4.C23H22N6O4.C22H24Cl2N6O5/c1-4-21(38)33-17-7-5-6-8-18(17)34-26-30-12-16-14-36(24-22(28)19(40-2)9-20(41-3)23(24)29)27(39)37(25(16)35-26)13-15-10-31-32-11-15;1-4-20(30)25-18-7-5-6-8-19(18)26-22-24-12-14-13-29(23(31)28-21(14)27-22)15-9-16(32-2)11-17(10-15)33-3;1-5-16(31)26-12-9-35-10-13(12)27-21-25-7-11-8-30(22(32)29(2)20(11)28-21)19-17(23)14(33-3)6-15(34-4)18(19)24/h4-12H,1,13-14H2,2-3H3,(H,31,32)(H,33,38)(H,30,34,35);4-12H,1,13H2,2-3H3,(H,25,30)(H2,24,26,27,28,31);5-7,12-13H,1,8-10H2,2-4H3,(H,26,31)(H,25,27,28). The molecule has 2 unspecified atom stereocenters. The van der Waals surface area contributed by atoms with Crippen LogP contribution in [0.2, 0.25) is 20.1 Å². The van der Waals surface area contributed by atoms with E-state index in [4.69, 9.17) is 79.6 Å². The number of nitrogens with zero attached hydrogens (tertiary/aromatic N) is 12. The fraction of sp³-hybridized carbons (Fsp3) is 0.208. The maximum atomic E-state index is 14.1. The van der Waals surface area contributed by atoms with E-state index in [1.165, 1.54) is 66.3 Å². The van der Waals surface area contributed by atoms with Gasteiger partial charge >= 0.3 is 18.1 Å². The number of fused-ring (bicyclic) bond motifs is 3. The molecule has 5 aromatic carbocycles. The summed E-state index contributed by atoms with van der Waals surface area (Å²) in [5, 5.41) is 27.8. The van der Waals surface area contributed by atoms with Crippen molar-refractivity contribution in [1.82, 2.24) is 45.4 Å². The third-order valence-corrected chi connectivity index (χ3v) is 18.3. The van der Waals surface area contributed by atoms with Crippen molar-refractivity contribution in [3.8, 4) is 34.5 Å². The number of anilines is 13. The third kappa shape index (κ3) is 17.3. The Kier molecular flexibility index (Phi) is 24.6. The number of methoxy groups -OCH3 is 6. The zero-order valence-corrected chi connectivity index (χ0v) is 62.4. The quantitative estimate of drug-likeness (QED) is 0.0276. The second kappa shape index (κ2) is 34.7. The van der Waals surface area contributed by atoms with Gasteiger partial charge in [0.05, 0.1) is 140 Å². The second-order valence-electron chi connectivity index (χ2n) is 23.6. The average Bonchev–Trinajstić information content (AvgIpc) is 1.42. The van der Waals surface area contributed by atoms with E-state index < -0.39 is 12.1 Å². The van der Waals surface area contributed by atoms with Gasteiger partial charge in [-0.1, -0.05) is 90.4 Å². The lowest BCUT2D eigenvalue weighted by atomic mass is 10.1. The van der Waals surface area contributed by atoms with Crippen molar-refractivity contribution in [3.05, 3.63) is 190 Å². The molecule has 9 aromatic rings. The number of carbonyl (C=O) groups excluding carboxylic acids is 6. The number of ether oxygens (including phenoxy) is 7. The number of urea groups is 3. The number of para-hydroxylation sites is 4. The zero-order valence-electron chi connectivity index (χ0n) is 59.3. The highest BCUT2D eigenvalue weighted by atomic mass is 35.5. The summed E-state index contributed by atoms with van der Waals surface area (Å²) in [4.78, 5) is 110. The molecule has 8 N–H and O–H groups in total. The largest absolute Gasteiger partial charge is 0.497 e. The van der Waals surface area contributed by atoms with Crippen LogP contribution in [-0.2, 0) is 45.3 Å². The van der Waals surface area contributed by atoms with Crippen molar-refractivity contribution in [3.63, 3.8) is 0 Å². The molecule has 13 rings (SSSR count). The maximum absolute atomic E-state index is 14.1. The molecule has 9 amide bonds. The van der Waals surface area contributed by atoms with Gasteiger partial charge in [0.25, 0.3) is 0 Å². The van der Waals surface area contributed by atoms with Gasteiger partial charge in [0, 0.05) is 84.4 Å². The zero-order chi connectivity index (χ0) is 77.7. The van der Waals surface area contributed by atoms with Crippen LogP contribution in [0.1, 0.15) is 22.3 Å². The molecular formula is C72H70Cl4N20O13. The molecule has 1 saturated heterocycles. The second-order valence-corrected chi connectivity index (χ2v) is 25.1. The topological polar surface area (TPSA) is 373 Å². The molecule has 0 bridgehead atoms. The number of carbonyl (C=O) groups is 6. The van der Waals surface area contributed by atoms with Gasteiger partial charge in [-0.25, -0.2) is 29.3 Å². The SMILES string of the molecule is C=CC(=O)NC1COCC1Nc1ncc2c(n1)N(C)C(=O)N(c1c(Cl)c(OC)cc(OC)c1Cl)C2.C=CC(=O)Nc1ccccc1Nc1ncc2c(n1)N(Cc1cn[nH]c1)C(=O)N(c1c(Cl)c(OC)cc(OC)c1Cl)C2.C=CC(=O)Nc1ccccc1Nc1ncc2c(n1)NC(=O)N(c1cc(OC)cc(OC)c1)C2. The minimum absolute atomic E-state index is 0.0675. The van der Waals surface area contributed by atoms with Gasteiger partial charge in [-0.05, 0) is 42.5 Å². The molecule has 1 fully saturated rings. The van der Waals surface area contributed by atoms with Crippen molar-refractivity contribution in [2.24, 2.45) is 0 Å². The molecule has 4 aliphatic heterocycles. The molecule has 0 aliphatic carbocycles. The van der Waals surface area contributed by atoms with Crippen LogP contribution >= 0.6 is 46.4 Å². The van der Waals surface area contributed by atoms with Crippen LogP contribution in [0, 0.1) is 0 Å². The Morgan fingerprint density at radius 3 is 1.53 bits per heavy atom. The van der Waals surface area contributed by atoms with Gasteiger partial charge in [0.1, 0.15) is 72.0 Å². The van der Waals surface area contributed by atoms with E-state index in [-0.39, 0.29) is 105 Å². The number of rotatable bonds is 23. The summed E-state index contributed by atoms with van der Waals surface area (Å²) in [6, 6.07) is 20.8. The minimum atomic E-state index is -0.443. The van der Waals surface area contributed by atoms with Gasteiger partial charge in [-0.3, -0.25) is 49.3 Å². The highest BCUT2D eigenvalue weighted by Crippen LogP contribution is 2.50. The Morgan fingerprint density at radius 1 is 0.560 bits per heavy atom. The number of benzene rings is 5. The Balaban J connectivity index is 0.000000164. The molecule has 564 valence electrons. The molecule has 8 heterocycles. The maximum Gasteiger partial charge on any atom is 0.330 e. The third-order valence-electron chi connectivity index (χ3n) is 16.9. The first-order chi connectivity index (χ1) is 52.6. The molecular weight excluding hydrogens is 1490 g/mol. The summed E-state index contributed by atoms with van der Waals surface area (Å²) in [5.41, 5.74) is 6.07. The molecule has 2 atom stereocenters. The van der Waals surface area contributed by atoms with Crippen LogP contribution < -0.4 is 90.1 Å². The molecule has 109 heavy (non-hydrogen) atoms. The molecule has 4 aromatic heterocycles. The van der Waals surface area contributed by atoms with Crippen molar-refractivity contribution >= 4 is 157 Å². The van der Waals surface area contributed by atoms with Crippen molar-refractivity contribution in [2.75, 3.05) is 119 Å². The van der Waals surface area contributed by atoms with Crippen molar-refractivity contribution in [2.45, 2.75) is 38.3 Å². The van der Waals surface area contributed by atoms with Gasteiger partial charge < -0.3 is 65.1 Å². The number of hydrogen-bond acceptors (Lipinski definition) is 23. The van der Waals surface area contributed by atoms with Crippen LogP contribution in [0.3, 0.4) is 0 Å². The lowest BCUT2D eigenvalue weighted by molar-refractivity contribution is -0.117. The molecule has 0 radical (unpaired) electrons. The summed E-state index contributed by atoms with van der Waals surface area (Å²) >= 11 is 26.4. The van der Waals surface area contributed by atoms with E-state index in [0.29, 0.717) is 111 Å². The van der Waals surface area contributed by atoms with Crippen LogP contribution in [-0.4, -0.2) is 151 Å². The van der Waals surface area contributed by atoms with Crippen molar-refractivity contribution in [1.29, 1.82) is 0 Å². The number of halogens is 4. The summed E-state index contributed by atoms with van der Waals surface area (Å²) in [6.07, 6.45) is 11.7. The van der Waals surface area contributed by atoms with Gasteiger partial charge in [-0.2, -0.15) is 20.1 Å². The number of H-pyrrole nitrogens is 1. The lowest BCUT2D eigenvalue weighted by Gasteiger charge is -2.37. The van der Waals surface area contributed by atoms with E-state index >= 15 is 0 Å².